The lowest BCUT2D eigenvalue weighted by molar-refractivity contribution is -0.162. The third-order valence-electron chi connectivity index (χ3n) is 13.0. The SMILES string of the molecule is CC(C)[C@@H](C)C1(C)C[C@@H]1[C@@H](C)[C@H]1CC[C@@H]([C@@H]2C[C@@H]3O[C@@]34C[C@@H](O)C[C@@H](O)[C@]4(C)C2=O)[C@]1(C)CCO. The first-order chi connectivity index (χ1) is 16.3. The number of epoxide rings is 1. The number of aliphatic hydroxyl groups excluding tert-OH is 3. The normalized spacial score (nSPS) is 54.8. The Hall–Kier alpha value is -0.490. The molecule has 0 bridgehead atoms. The number of carbonyl (C=O) groups is 1. The summed E-state index contributed by atoms with van der Waals surface area (Å²) in [7, 11) is 0. The molecule has 5 nitrogen and oxygen atoms in total. The average molecular weight is 491 g/mol. The molecule has 4 saturated carbocycles. The molecule has 200 valence electrons. The lowest BCUT2D eigenvalue weighted by Crippen LogP contribution is -2.63. The first-order valence-corrected chi connectivity index (χ1v) is 14.5. The van der Waals surface area contributed by atoms with Crippen molar-refractivity contribution in [3.63, 3.8) is 0 Å². The summed E-state index contributed by atoms with van der Waals surface area (Å²) in [6.45, 7) is 16.4. The van der Waals surface area contributed by atoms with E-state index in [2.05, 4.69) is 41.5 Å². The highest BCUT2D eigenvalue weighted by molar-refractivity contribution is 5.91. The van der Waals surface area contributed by atoms with Gasteiger partial charge in [-0.05, 0) is 85.4 Å². The van der Waals surface area contributed by atoms with Crippen molar-refractivity contribution >= 4 is 5.78 Å². The van der Waals surface area contributed by atoms with Gasteiger partial charge in [0, 0.05) is 25.4 Å². The lowest BCUT2D eigenvalue weighted by Gasteiger charge is -2.51. The van der Waals surface area contributed by atoms with Gasteiger partial charge in [-0.25, -0.2) is 0 Å². The van der Waals surface area contributed by atoms with Crippen LogP contribution in [0.3, 0.4) is 0 Å². The molecular formula is C30H50O5. The molecule has 0 radical (unpaired) electrons. The molecule has 3 N–H and O–H groups in total. The summed E-state index contributed by atoms with van der Waals surface area (Å²) in [6.07, 6.45) is 4.03. The summed E-state index contributed by atoms with van der Waals surface area (Å²) in [6, 6.07) is 0. The van der Waals surface area contributed by atoms with Crippen molar-refractivity contribution in [3.8, 4) is 0 Å². The molecule has 1 heterocycles. The van der Waals surface area contributed by atoms with E-state index in [1.165, 1.54) is 6.42 Å². The van der Waals surface area contributed by atoms with Crippen molar-refractivity contribution in [2.75, 3.05) is 6.61 Å². The first kappa shape index (κ1) is 26.1. The Kier molecular flexibility index (Phi) is 6.16. The largest absolute Gasteiger partial charge is 0.396 e. The van der Waals surface area contributed by atoms with Crippen LogP contribution in [0.2, 0.25) is 0 Å². The molecule has 0 aromatic heterocycles. The summed E-state index contributed by atoms with van der Waals surface area (Å²) in [5.41, 5.74) is -1.32. The number of ketones is 1. The second-order valence-corrected chi connectivity index (χ2v) is 14.5. The molecule has 0 aromatic rings. The third-order valence-corrected chi connectivity index (χ3v) is 13.0. The number of hydrogen-bond acceptors (Lipinski definition) is 5. The standard InChI is InChI=1S/C30H50O5/c1-16(2)18(4)28(6)15-23(28)17(3)21-8-9-22(27(21,5)10-11-31)20-13-25-30(35-25)14-19(32)12-24(33)29(30,7)26(20)34/h16-25,31-33H,8-15H2,1-7H3/t17-,18+,19-,20-,21+,22-,23+,24+,25-,27+,28?,29+,30-/m0/s1. The Morgan fingerprint density at radius 2 is 1.69 bits per heavy atom. The highest BCUT2D eigenvalue weighted by atomic mass is 16.6. The summed E-state index contributed by atoms with van der Waals surface area (Å²) < 4.78 is 6.21. The first-order valence-electron chi connectivity index (χ1n) is 14.5. The van der Waals surface area contributed by atoms with Gasteiger partial charge < -0.3 is 20.1 Å². The van der Waals surface area contributed by atoms with Gasteiger partial charge in [0.15, 0.2) is 0 Å². The van der Waals surface area contributed by atoms with Gasteiger partial charge in [0.1, 0.15) is 11.4 Å². The molecule has 5 rings (SSSR count). The van der Waals surface area contributed by atoms with E-state index in [4.69, 9.17) is 4.74 Å². The number of hydrogen-bond donors (Lipinski definition) is 3. The molecule has 13 atom stereocenters. The van der Waals surface area contributed by atoms with Crippen LogP contribution in [-0.4, -0.2) is 51.6 Å². The van der Waals surface area contributed by atoms with E-state index in [0.717, 1.165) is 19.3 Å². The maximum atomic E-state index is 14.2. The molecule has 5 fully saturated rings. The van der Waals surface area contributed by atoms with Gasteiger partial charge in [-0.2, -0.15) is 0 Å². The number of rotatable bonds is 7. The summed E-state index contributed by atoms with van der Waals surface area (Å²) >= 11 is 0. The minimum Gasteiger partial charge on any atom is -0.396 e. The van der Waals surface area contributed by atoms with E-state index in [-0.39, 0.29) is 42.2 Å². The van der Waals surface area contributed by atoms with Crippen molar-refractivity contribution in [1.82, 2.24) is 0 Å². The Morgan fingerprint density at radius 3 is 2.31 bits per heavy atom. The Morgan fingerprint density at radius 1 is 1.00 bits per heavy atom. The topological polar surface area (TPSA) is 90.3 Å². The lowest BCUT2D eigenvalue weighted by atomic mass is 9.51. The molecule has 5 heteroatoms. The molecule has 5 aliphatic rings. The van der Waals surface area contributed by atoms with Gasteiger partial charge in [0.2, 0.25) is 0 Å². The number of ether oxygens (including phenoxy) is 1. The zero-order chi connectivity index (χ0) is 25.7. The van der Waals surface area contributed by atoms with E-state index in [1.54, 1.807) is 0 Å². The van der Waals surface area contributed by atoms with E-state index < -0.39 is 23.2 Å². The van der Waals surface area contributed by atoms with Crippen LogP contribution >= 0.6 is 0 Å². The van der Waals surface area contributed by atoms with Crippen molar-refractivity contribution in [2.45, 2.75) is 117 Å². The van der Waals surface area contributed by atoms with E-state index in [0.29, 0.717) is 47.8 Å². The Balaban J connectivity index is 1.40. The predicted molar refractivity (Wildman–Crippen MR) is 135 cm³/mol. The minimum atomic E-state index is -0.939. The highest BCUT2D eigenvalue weighted by Gasteiger charge is 2.78. The van der Waals surface area contributed by atoms with Crippen LogP contribution in [0.25, 0.3) is 0 Å². The van der Waals surface area contributed by atoms with Crippen molar-refractivity contribution in [2.24, 2.45) is 57.7 Å². The second-order valence-electron chi connectivity index (χ2n) is 14.5. The summed E-state index contributed by atoms with van der Waals surface area (Å²) in [5.74, 6) is 3.37. The Bertz CT molecular complexity index is 858. The minimum absolute atomic E-state index is 0.0479. The van der Waals surface area contributed by atoms with Gasteiger partial charge in [-0.1, -0.05) is 41.5 Å². The van der Waals surface area contributed by atoms with E-state index >= 15 is 0 Å². The molecular weight excluding hydrogens is 440 g/mol. The molecule has 1 saturated heterocycles. The molecule has 0 aromatic carbocycles. The Labute approximate surface area is 212 Å². The molecule has 1 unspecified atom stereocenters. The van der Waals surface area contributed by atoms with Gasteiger partial charge in [-0.15, -0.1) is 0 Å². The van der Waals surface area contributed by atoms with Crippen LogP contribution in [0, 0.1) is 57.7 Å². The molecule has 1 spiro atoms. The predicted octanol–water partition coefficient (Wildman–Crippen LogP) is 4.60. The molecule has 35 heavy (non-hydrogen) atoms. The quantitative estimate of drug-likeness (QED) is 0.454. The van der Waals surface area contributed by atoms with E-state index in [1.807, 2.05) is 6.92 Å². The van der Waals surface area contributed by atoms with Gasteiger partial charge in [0.25, 0.3) is 0 Å². The van der Waals surface area contributed by atoms with E-state index in [9.17, 15) is 20.1 Å². The van der Waals surface area contributed by atoms with Crippen LogP contribution in [0.15, 0.2) is 0 Å². The van der Waals surface area contributed by atoms with Crippen molar-refractivity contribution in [3.05, 3.63) is 0 Å². The zero-order valence-electron chi connectivity index (χ0n) is 23.1. The maximum absolute atomic E-state index is 14.2. The van der Waals surface area contributed by atoms with Crippen molar-refractivity contribution in [1.29, 1.82) is 0 Å². The monoisotopic (exact) mass is 490 g/mol. The van der Waals surface area contributed by atoms with Crippen LogP contribution in [0.4, 0.5) is 0 Å². The average Bonchev–Trinajstić information content (AvgIpc) is 3.64. The smallest absolute Gasteiger partial charge is 0.147 e. The maximum Gasteiger partial charge on any atom is 0.147 e. The van der Waals surface area contributed by atoms with Crippen LogP contribution in [0.5, 0.6) is 0 Å². The van der Waals surface area contributed by atoms with Gasteiger partial charge in [-0.3, -0.25) is 4.79 Å². The number of aliphatic hydroxyl groups is 3. The highest BCUT2D eigenvalue weighted by Crippen LogP contribution is 2.70. The van der Waals surface area contributed by atoms with Crippen LogP contribution < -0.4 is 0 Å². The number of carbonyl (C=O) groups excluding carboxylic acids is 1. The fourth-order valence-corrected chi connectivity index (χ4v) is 10.2. The molecule has 1 aliphatic heterocycles. The number of Topliss-reactive ketones (excluding diaryl/α,β-unsaturated/α-hetero) is 1. The zero-order valence-corrected chi connectivity index (χ0v) is 23.1. The molecule has 0 amide bonds. The van der Waals surface area contributed by atoms with Gasteiger partial charge in [0.05, 0.1) is 23.7 Å². The summed E-state index contributed by atoms with van der Waals surface area (Å²) in [4.78, 5) is 14.2. The van der Waals surface area contributed by atoms with Crippen LogP contribution in [-0.2, 0) is 9.53 Å². The van der Waals surface area contributed by atoms with Crippen molar-refractivity contribution < 1.29 is 24.9 Å². The summed E-state index contributed by atoms with van der Waals surface area (Å²) in [5, 5.41) is 31.6. The molecule has 4 aliphatic carbocycles. The van der Waals surface area contributed by atoms with Gasteiger partial charge >= 0.3 is 0 Å². The second kappa shape index (κ2) is 8.25. The third kappa shape index (κ3) is 3.43. The fraction of sp³-hybridized carbons (Fsp3) is 0.967. The fourth-order valence-electron chi connectivity index (χ4n) is 10.2. The van der Waals surface area contributed by atoms with Crippen LogP contribution in [0.1, 0.15) is 93.4 Å².